The van der Waals surface area contributed by atoms with Crippen LogP contribution in [0.1, 0.15) is 19.4 Å². The second-order valence-corrected chi connectivity index (χ2v) is 4.34. The van der Waals surface area contributed by atoms with Gasteiger partial charge in [-0.3, -0.25) is 5.32 Å². The molecule has 0 amide bonds. The Balaban J connectivity index is 2.08. The zero-order valence-electron chi connectivity index (χ0n) is 8.40. The monoisotopic (exact) mass is 187 g/mol. The smallest absolute Gasteiger partial charge is 0.274 e. The Morgan fingerprint density at radius 3 is 3.29 bits per heavy atom. The van der Waals surface area contributed by atoms with E-state index in [1.165, 1.54) is 17.8 Å². The molecule has 14 heavy (non-hydrogen) atoms. The molecule has 2 aliphatic rings. The van der Waals surface area contributed by atoms with Gasteiger partial charge in [-0.2, -0.15) is 0 Å². The Bertz CT molecular complexity index is 395. The molecule has 72 valence electrons. The quantitative estimate of drug-likeness (QED) is 0.484. The van der Waals surface area contributed by atoms with E-state index in [0.29, 0.717) is 6.04 Å². The molecule has 1 aromatic rings. The first kappa shape index (κ1) is 8.04. The maximum Gasteiger partial charge on any atom is 0.274 e. The van der Waals surface area contributed by atoms with Crippen LogP contribution in [0.2, 0.25) is 0 Å². The zero-order chi connectivity index (χ0) is 9.54. The first-order chi connectivity index (χ1) is 6.84. The molecule has 0 fully saturated rings. The summed E-state index contributed by atoms with van der Waals surface area (Å²) in [5, 5.41) is 3.48. The van der Waals surface area contributed by atoms with Crippen molar-refractivity contribution in [2.75, 3.05) is 11.9 Å². The van der Waals surface area contributed by atoms with Crippen LogP contribution in [0, 0.1) is 5.92 Å². The Morgan fingerprint density at radius 2 is 2.36 bits per heavy atom. The van der Waals surface area contributed by atoms with Crippen molar-refractivity contribution >= 4 is 5.82 Å². The molecule has 0 aromatic carbocycles. The minimum Gasteiger partial charge on any atom is -0.274 e. The lowest BCUT2D eigenvalue weighted by molar-refractivity contribution is -0.708. The zero-order valence-corrected chi connectivity index (χ0v) is 8.40. The molecule has 0 saturated heterocycles. The van der Waals surface area contributed by atoms with Gasteiger partial charge in [-0.05, 0) is 25.5 Å². The first-order valence-electron chi connectivity index (χ1n) is 5.26. The summed E-state index contributed by atoms with van der Waals surface area (Å²) in [6.45, 7) is 3.35. The number of aromatic nitrogens is 1. The molecular weight excluding hydrogens is 172 g/mol. The minimum absolute atomic E-state index is 0.590. The number of fused-ring (bicyclic) bond motifs is 3. The average molecular weight is 187 g/mol. The number of hydrogen-bond acceptors (Lipinski definition) is 1. The molecule has 2 atom stereocenters. The number of nitrogens with zero attached hydrogens (tertiary/aromatic N) is 1. The highest BCUT2D eigenvalue weighted by atomic mass is 15.2. The summed E-state index contributed by atoms with van der Waals surface area (Å²) in [5.41, 5.74) is 1.53. The van der Waals surface area contributed by atoms with Crippen LogP contribution in [0.3, 0.4) is 0 Å². The molecule has 0 spiro atoms. The Labute approximate surface area is 84.3 Å². The molecule has 0 bridgehead atoms. The van der Waals surface area contributed by atoms with Gasteiger partial charge in [-0.1, -0.05) is 11.6 Å². The molecule has 0 saturated carbocycles. The third-order valence-corrected chi connectivity index (χ3v) is 3.28. The number of allylic oxidation sites excluding steroid dienone is 2. The fourth-order valence-corrected chi connectivity index (χ4v) is 2.63. The average Bonchev–Trinajstić information content (AvgIpc) is 2.59. The number of rotatable bonds is 0. The van der Waals surface area contributed by atoms with Crippen LogP contribution in [-0.2, 0) is 0 Å². The van der Waals surface area contributed by atoms with Crippen molar-refractivity contribution in [1.29, 1.82) is 0 Å². The minimum atomic E-state index is 0.590. The summed E-state index contributed by atoms with van der Waals surface area (Å²) >= 11 is 0. The van der Waals surface area contributed by atoms with Crippen molar-refractivity contribution in [3.05, 3.63) is 36.0 Å². The topological polar surface area (TPSA) is 15.9 Å². The molecule has 0 radical (unpaired) electrons. The van der Waals surface area contributed by atoms with E-state index in [9.17, 15) is 0 Å². The molecule has 2 nitrogen and oxygen atoms in total. The van der Waals surface area contributed by atoms with E-state index in [0.717, 1.165) is 12.5 Å². The second kappa shape index (κ2) is 2.84. The third kappa shape index (κ3) is 1.07. The van der Waals surface area contributed by atoms with Gasteiger partial charge in [0.25, 0.3) is 5.82 Å². The number of hydrogen-bond donors (Lipinski definition) is 1. The fourth-order valence-electron chi connectivity index (χ4n) is 2.63. The molecule has 0 unspecified atom stereocenters. The Kier molecular flexibility index (Phi) is 1.63. The summed E-state index contributed by atoms with van der Waals surface area (Å²) in [7, 11) is 0. The van der Waals surface area contributed by atoms with Gasteiger partial charge in [0.15, 0.2) is 0 Å². The van der Waals surface area contributed by atoms with Crippen LogP contribution in [0.5, 0.6) is 0 Å². The first-order valence-corrected chi connectivity index (χ1v) is 5.26. The van der Waals surface area contributed by atoms with Gasteiger partial charge >= 0.3 is 0 Å². The number of pyridine rings is 1. The van der Waals surface area contributed by atoms with Gasteiger partial charge < -0.3 is 0 Å². The molecule has 2 heterocycles. The molecule has 1 N–H and O–H groups in total. The lowest BCUT2D eigenvalue weighted by Gasteiger charge is -2.23. The summed E-state index contributed by atoms with van der Waals surface area (Å²) < 4.78 is 2.35. The van der Waals surface area contributed by atoms with Gasteiger partial charge in [0, 0.05) is 12.0 Å². The van der Waals surface area contributed by atoms with Crippen molar-refractivity contribution in [3.63, 3.8) is 0 Å². The van der Waals surface area contributed by atoms with E-state index in [-0.39, 0.29) is 0 Å². The maximum absolute atomic E-state index is 3.48. The van der Waals surface area contributed by atoms with Crippen LogP contribution in [-0.4, -0.2) is 6.54 Å². The van der Waals surface area contributed by atoms with Crippen LogP contribution < -0.4 is 9.88 Å². The van der Waals surface area contributed by atoms with Gasteiger partial charge in [-0.15, -0.1) is 0 Å². The van der Waals surface area contributed by atoms with Crippen LogP contribution in [0.15, 0.2) is 36.0 Å². The summed E-state index contributed by atoms with van der Waals surface area (Å²) in [5.74, 6) is 2.01. The lowest BCUT2D eigenvalue weighted by Crippen LogP contribution is -2.49. The largest absolute Gasteiger partial charge is 0.274 e. The molecule has 1 aliphatic heterocycles. The maximum atomic E-state index is 3.48. The summed E-state index contributed by atoms with van der Waals surface area (Å²) in [6.07, 6.45) is 5.84. The van der Waals surface area contributed by atoms with E-state index >= 15 is 0 Å². The molecule has 3 rings (SSSR count). The Morgan fingerprint density at radius 1 is 1.43 bits per heavy atom. The SMILES string of the molecule is CC1=C[C@H]2[C@H](CNc3cccc[n+]32)C1. The van der Waals surface area contributed by atoms with Crippen LogP contribution in [0.4, 0.5) is 5.82 Å². The highest BCUT2D eigenvalue weighted by Crippen LogP contribution is 2.33. The number of nitrogens with one attached hydrogen (secondary N) is 1. The standard InChI is InChI=1S/C12H14N2/c1-9-6-10-8-13-12-4-2-3-5-14(12)11(10)7-9/h2-5,7,10-11H,6,8H2,1H3/p+1/t10-,11-/m0/s1. The molecule has 1 aliphatic carbocycles. The second-order valence-electron chi connectivity index (χ2n) is 4.34. The predicted molar refractivity (Wildman–Crippen MR) is 56.0 cm³/mol. The van der Waals surface area contributed by atoms with Crippen molar-refractivity contribution in [2.45, 2.75) is 19.4 Å². The fraction of sp³-hybridized carbons (Fsp3) is 0.417. The van der Waals surface area contributed by atoms with E-state index in [4.69, 9.17) is 0 Å². The van der Waals surface area contributed by atoms with E-state index in [1.807, 2.05) is 0 Å². The molecule has 1 aromatic heterocycles. The highest BCUT2D eigenvalue weighted by Gasteiger charge is 2.36. The third-order valence-electron chi connectivity index (χ3n) is 3.28. The van der Waals surface area contributed by atoms with Gasteiger partial charge in [0.1, 0.15) is 6.04 Å². The van der Waals surface area contributed by atoms with Crippen LogP contribution >= 0.6 is 0 Å². The van der Waals surface area contributed by atoms with Crippen molar-refractivity contribution in [2.24, 2.45) is 5.92 Å². The van der Waals surface area contributed by atoms with Gasteiger partial charge in [-0.25, -0.2) is 4.57 Å². The molecule has 2 heteroatoms. The summed E-state index contributed by atoms with van der Waals surface area (Å²) in [4.78, 5) is 0. The van der Waals surface area contributed by atoms with Crippen molar-refractivity contribution < 1.29 is 4.57 Å². The van der Waals surface area contributed by atoms with Crippen molar-refractivity contribution in [1.82, 2.24) is 0 Å². The highest BCUT2D eigenvalue weighted by molar-refractivity contribution is 5.31. The Hall–Kier alpha value is -1.31. The normalized spacial score (nSPS) is 28.8. The lowest BCUT2D eigenvalue weighted by atomic mass is 9.99. The van der Waals surface area contributed by atoms with Gasteiger partial charge in [0.05, 0.1) is 12.7 Å². The van der Waals surface area contributed by atoms with Crippen LogP contribution in [0.25, 0.3) is 0 Å². The van der Waals surface area contributed by atoms with E-state index < -0.39 is 0 Å². The molecular formula is C12H15N2+. The predicted octanol–water partition coefficient (Wildman–Crippen LogP) is 1.91. The number of anilines is 1. The van der Waals surface area contributed by atoms with Crippen molar-refractivity contribution in [3.8, 4) is 0 Å². The van der Waals surface area contributed by atoms with E-state index in [1.54, 1.807) is 0 Å². The van der Waals surface area contributed by atoms with E-state index in [2.05, 4.69) is 47.3 Å². The van der Waals surface area contributed by atoms with Gasteiger partial charge in [0.2, 0.25) is 0 Å². The summed E-state index contributed by atoms with van der Waals surface area (Å²) in [6, 6.07) is 6.93.